The molecule has 4 heterocycles. The van der Waals surface area contributed by atoms with E-state index < -0.39 is 0 Å². The predicted molar refractivity (Wildman–Crippen MR) is 254 cm³/mol. The molecule has 0 saturated heterocycles. The Balaban J connectivity index is 1.02. The predicted octanol–water partition coefficient (Wildman–Crippen LogP) is 14.4. The van der Waals surface area contributed by atoms with Gasteiger partial charge in [0.2, 0.25) is 0 Å². The summed E-state index contributed by atoms with van der Waals surface area (Å²) in [5, 5.41) is 16.6. The molecule has 9 aromatic carbocycles. The van der Waals surface area contributed by atoms with Crippen molar-refractivity contribution < 1.29 is 4.42 Å². The minimum Gasteiger partial charge on any atom is -0.456 e. The number of hydrogen-bond acceptors (Lipinski definition) is 3. The molecule has 13 aromatic rings. The zero-order chi connectivity index (χ0) is 40.7. The Morgan fingerprint density at radius 3 is 1.79 bits per heavy atom. The second-order valence-corrected chi connectivity index (χ2v) is 15.8. The maximum absolute atomic E-state index is 6.37. The summed E-state index contributed by atoms with van der Waals surface area (Å²) in [6.45, 7) is 0. The Hall–Kier alpha value is -8.48. The number of aromatic nitrogens is 5. The Kier molecular flexibility index (Phi) is 7.50. The van der Waals surface area contributed by atoms with Crippen LogP contribution in [0.2, 0.25) is 0 Å². The van der Waals surface area contributed by atoms with Gasteiger partial charge in [-0.05, 0) is 72.3 Å². The van der Waals surface area contributed by atoms with Gasteiger partial charge < -0.3 is 13.6 Å². The monoisotopic (exact) mass is 793 g/mol. The molecule has 0 N–H and O–H groups in total. The van der Waals surface area contributed by atoms with Gasteiger partial charge in [-0.15, -0.1) is 10.2 Å². The minimum absolute atomic E-state index is 0.788. The van der Waals surface area contributed by atoms with Gasteiger partial charge in [0, 0.05) is 60.4 Å². The van der Waals surface area contributed by atoms with Gasteiger partial charge in [0.05, 0.1) is 27.8 Å². The summed E-state index contributed by atoms with van der Waals surface area (Å²) in [5.41, 5.74) is 13.8. The van der Waals surface area contributed by atoms with E-state index in [1.54, 1.807) is 0 Å². The van der Waals surface area contributed by atoms with E-state index in [0.29, 0.717) is 0 Å². The van der Waals surface area contributed by atoms with E-state index in [-0.39, 0.29) is 0 Å². The molecule has 0 fully saturated rings. The summed E-state index contributed by atoms with van der Waals surface area (Å²) in [5.74, 6) is 1.58. The van der Waals surface area contributed by atoms with Gasteiger partial charge in [-0.25, -0.2) is 0 Å². The van der Waals surface area contributed by atoms with Crippen molar-refractivity contribution in [2.75, 3.05) is 0 Å². The Labute approximate surface area is 355 Å². The van der Waals surface area contributed by atoms with E-state index in [9.17, 15) is 0 Å². The lowest BCUT2D eigenvalue weighted by molar-refractivity contribution is 0.669. The molecule has 0 aliphatic carbocycles. The largest absolute Gasteiger partial charge is 0.456 e. The van der Waals surface area contributed by atoms with Gasteiger partial charge in [-0.2, -0.15) is 0 Å². The van der Waals surface area contributed by atoms with Gasteiger partial charge in [0.15, 0.2) is 11.6 Å². The lowest BCUT2D eigenvalue weighted by Gasteiger charge is -2.16. The molecule has 13 rings (SSSR count). The number of nitrogens with zero attached hydrogens (tertiary/aromatic N) is 5. The van der Waals surface area contributed by atoms with E-state index in [1.165, 1.54) is 5.39 Å². The lowest BCUT2D eigenvalue weighted by Crippen LogP contribution is -2.01. The smallest absolute Gasteiger partial charge is 0.169 e. The molecular weight excluding hydrogens is 759 g/mol. The molecule has 0 spiro atoms. The molecule has 0 atom stereocenters. The third-order valence-corrected chi connectivity index (χ3v) is 12.4. The lowest BCUT2D eigenvalue weighted by atomic mass is 10.0. The standard InChI is InChI=1S/C56H35N5O/c1-3-17-36(18-4-1)55-57-58-56(60(55)38-20-5-2-6-21-38)44-27-16-31-50-54(44)43-26-9-13-30-49(43)61(50)47-28-11-7-23-40(47)37-19-15-22-39(33-37)59-48-29-12-8-24-41(48)45-35-53-46(34-51(45)59)42-25-10-14-32-52(42)62-53/h1-35H. The van der Waals surface area contributed by atoms with Crippen LogP contribution in [0, 0.1) is 0 Å². The highest BCUT2D eigenvalue weighted by Gasteiger charge is 2.24. The van der Waals surface area contributed by atoms with Crippen LogP contribution in [0.25, 0.3) is 117 Å². The third-order valence-electron chi connectivity index (χ3n) is 12.4. The Morgan fingerprint density at radius 1 is 0.323 bits per heavy atom. The SMILES string of the molecule is c1ccc(-c2nnc(-c3cccc4c3c3ccccc3n4-c3ccccc3-c3cccc(-n4c5ccccc5c5cc6oc7ccccc7c6cc54)c3)n2-c2ccccc2)cc1. The zero-order valence-electron chi connectivity index (χ0n) is 33.4. The van der Waals surface area contributed by atoms with Crippen LogP contribution in [0.5, 0.6) is 0 Å². The molecule has 0 aliphatic rings. The number of benzene rings is 9. The van der Waals surface area contributed by atoms with Crippen molar-refractivity contribution in [3.05, 3.63) is 212 Å². The maximum Gasteiger partial charge on any atom is 0.169 e. The zero-order valence-corrected chi connectivity index (χ0v) is 33.4. The highest BCUT2D eigenvalue weighted by atomic mass is 16.3. The molecule has 62 heavy (non-hydrogen) atoms. The van der Waals surface area contributed by atoms with Crippen molar-refractivity contribution in [3.8, 4) is 51.0 Å². The average molecular weight is 794 g/mol. The fraction of sp³-hybridized carbons (Fsp3) is 0. The summed E-state index contributed by atoms with van der Waals surface area (Å²) in [6, 6.07) is 75.1. The van der Waals surface area contributed by atoms with Crippen LogP contribution in [-0.2, 0) is 0 Å². The van der Waals surface area contributed by atoms with Gasteiger partial charge in [0.25, 0.3) is 0 Å². The summed E-state index contributed by atoms with van der Waals surface area (Å²) < 4.78 is 13.4. The van der Waals surface area contributed by atoms with Crippen molar-refractivity contribution in [3.63, 3.8) is 0 Å². The number of hydrogen-bond donors (Lipinski definition) is 0. The molecule has 0 saturated carbocycles. The normalized spacial score (nSPS) is 11.9. The van der Waals surface area contributed by atoms with E-state index in [0.717, 1.165) is 111 Å². The highest BCUT2D eigenvalue weighted by Crippen LogP contribution is 2.43. The molecule has 4 aromatic heterocycles. The van der Waals surface area contributed by atoms with Crippen LogP contribution in [-0.4, -0.2) is 23.9 Å². The minimum atomic E-state index is 0.788. The summed E-state index contributed by atoms with van der Waals surface area (Å²) in [7, 11) is 0. The van der Waals surface area contributed by atoms with E-state index in [2.05, 4.69) is 190 Å². The maximum atomic E-state index is 6.37. The Morgan fingerprint density at radius 2 is 0.935 bits per heavy atom. The van der Waals surface area contributed by atoms with Crippen molar-refractivity contribution in [2.24, 2.45) is 0 Å². The van der Waals surface area contributed by atoms with E-state index in [1.807, 2.05) is 36.4 Å². The molecule has 290 valence electrons. The second-order valence-electron chi connectivity index (χ2n) is 15.8. The third kappa shape index (κ3) is 5.10. The quantitative estimate of drug-likeness (QED) is 0.168. The van der Waals surface area contributed by atoms with Gasteiger partial charge >= 0.3 is 0 Å². The van der Waals surface area contributed by atoms with Crippen molar-refractivity contribution >= 4 is 65.6 Å². The van der Waals surface area contributed by atoms with Crippen LogP contribution >= 0.6 is 0 Å². The number of para-hydroxylation sites is 5. The molecule has 6 nitrogen and oxygen atoms in total. The molecule has 0 unspecified atom stereocenters. The molecule has 0 radical (unpaired) electrons. The first-order valence-electron chi connectivity index (χ1n) is 20.9. The van der Waals surface area contributed by atoms with Crippen LogP contribution in [0.1, 0.15) is 0 Å². The fourth-order valence-electron chi connectivity index (χ4n) is 9.71. The van der Waals surface area contributed by atoms with Crippen molar-refractivity contribution in [1.29, 1.82) is 0 Å². The summed E-state index contributed by atoms with van der Waals surface area (Å²) in [6.07, 6.45) is 0. The summed E-state index contributed by atoms with van der Waals surface area (Å²) in [4.78, 5) is 0. The highest BCUT2D eigenvalue weighted by molar-refractivity contribution is 6.18. The molecule has 0 bridgehead atoms. The van der Waals surface area contributed by atoms with Crippen LogP contribution in [0.4, 0.5) is 0 Å². The van der Waals surface area contributed by atoms with Gasteiger partial charge in [0.1, 0.15) is 11.2 Å². The van der Waals surface area contributed by atoms with E-state index in [4.69, 9.17) is 14.6 Å². The second kappa shape index (κ2) is 13.5. The number of furan rings is 1. The van der Waals surface area contributed by atoms with Gasteiger partial charge in [-0.1, -0.05) is 146 Å². The first-order chi connectivity index (χ1) is 30.8. The summed E-state index contributed by atoms with van der Waals surface area (Å²) >= 11 is 0. The average Bonchev–Trinajstić information content (AvgIpc) is 4.11. The molecule has 0 amide bonds. The molecule has 6 heteroatoms. The molecule has 0 aliphatic heterocycles. The number of rotatable bonds is 6. The van der Waals surface area contributed by atoms with Gasteiger partial charge in [-0.3, -0.25) is 4.57 Å². The van der Waals surface area contributed by atoms with Crippen molar-refractivity contribution in [1.82, 2.24) is 23.9 Å². The van der Waals surface area contributed by atoms with E-state index >= 15 is 0 Å². The van der Waals surface area contributed by atoms with Crippen LogP contribution in [0.3, 0.4) is 0 Å². The first-order valence-corrected chi connectivity index (χ1v) is 20.9. The molecular formula is C56H35N5O. The topological polar surface area (TPSA) is 53.7 Å². The number of fused-ring (bicyclic) bond motifs is 9. The van der Waals surface area contributed by atoms with Crippen LogP contribution < -0.4 is 0 Å². The van der Waals surface area contributed by atoms with Crippen LogP contribution in [0.15, 0.2) is 217 Å². The van der Waals surface area contributed by atoms with Crippen molar-refractivity contribution in [2.45, 2.75) is 0 Å². The fourth-order valence-corrected chi connectivity index (χ4v) is 9.71. The first kappa shape index (κ1) is 34.4. The Bertz CT molecular complexity index is 3870.